The van der Waals surface area contributed by atoms with Crippen LogP contribution in [0.1, 0.15) is 31.4 Å². The molecule has 14 heavy (non-hydrogen) atoms. The van der Waals surface area contributed by atoms with Crippen molar-refractivity contribution in [3.63, 3.8) is 0 Å². The van der Waals surface area contributed by atoms with Crippen molar-refractivity contribution in [2.45, 2.75) is 38.3 Å². The molecule has 2 rings (SSSR count). The fourth-order valence-corrected chi connectivity index (χ4v) is 1.81. The maximum absolute atomic E-state index is 5.44. The second kappa shape index (κ2) is 4.37. The van der Waals surface area contributed by atoms with Crippen LogP contribution in [-0.4, -0.2) is 16.0 Å². The van der Waals surface area contributed by atoms with Crippen LogP contribution in [0.2, 0.25) is 0 Å². The molecule has 1 aromatic heterocycles. The topological polar surface area (TPSA) is 63.8 Å². The molecular weight excluding hydrogens is 176 g/mol. The van der Waals surface area contributed by atoms with E-state index in [-0.39, 0.29) is 0 Å². The van der Waals surface area contributed by atoms with Gasteiger partial charge in [-0.2, -0.15) is 0 Å². The highest BCUT2D eigenvalue weighted by Crippen LogP contribution is 2.20. The van der Waals surface area contributed by atoms with Gasteiger partial charge in [0.25, 0.3) is 0 Å². The van der Waals surface area contributed by atoms with Crippen LogP contribution in [0, 0.1) is 0 Å². The third-order valence-electron chi connectivity index (χ3n) is 2.62. The summed E-state index contributed by atoms with van der Waals surface area (Å²) in [5, 5.41) is 3.38. The van der Waals surface area contributed by atoms with Gasteiger partial charge in [0.15, 0.2) is 0 Å². The lowest BCUT2D eigenvalue weighted by molar-refractivity contribution is 0.748. The number of nitrogens with zero attached hydrogens (tertiary/aromatic N) is 2. The first-order valence-electron chi connectivity index (χ1n) is 5.16. The normalized spacial score (nSPS) is 17.2. The van der Waals surface area contributed by atoms with Gasteiger partial charge in [-0.15, -0.1) is 0 Å². The fraction of sp³-hybridized carbons (Fsp3) is 0.600. The zero-order valence-corrected chi connectivity index (χ0v) is 8.24. The van der Waals surface area contributed by atoms with Crippen LogP contribution in [0.5, 0.6) is 0 Å². The van der Waals surface area contributed by atoms with Crippen LogP contribution in [0.25, 0.3) is 0 Å². The molecule has 0 unspecified atom stereocenters. The Balaban J connectivity index is 1.95. The molecule has 0 saturated heterocycles. The van der Waals surface area contributed by atoms with Crippen LogP contribution >= 0.6 is 0 Å². The number of rotatable bonds is 3. The van der Waals surface area contributed by atoms with E-state index in [0.29, 0.717) is 12.6 Å². The predicted octanol–water partition coefficient (Wildman–Crippen LogP) is 1.29. The Morgan fingerprint density at radius 2 is 2.07 bits per heavy atom. The molecule has 0 bridgehead atoms. The number of hydrogen-bond acceptors (Lipinski definition) is 4. The van der Waals surface area contributed by atoms with Gasteiger partial charge >= 0.3 is 0 Å². The highest BCUT2D eigenvalue weighted by molar-refractivity contribution is 5.32. The largest absolute Gasteiger partial charge is 0.366 e. The van der Waals surface area contributed by atoms with Gasteiger partial charge in [-0.3, -0.25) is 4.98 Å². The Hall–Kier alpha value is -1.16. The lowest BCUT2D eigenvalue weighted by Gasteiger charge is -2.11. The lowest BCUT2D eigenvalue weighted by Crippen LogP contribution is -2.15. The van der Waals surface area contributed by atoms with Crippen LogP contribution in [0.4, 0.5) is 5.82 Å². The van der Waals surface area contributed by atoms with Crippen LogP contribution in [-0.2, 0) is 6.54 Å². The summed E-state index contributed by atoms with van der Waals surface area (Å²) in [4.78, 5) is 8.45. The molecule has 0 amide bonds. The van der Waals surface area contributed by atoms with Crippen LogP contribution in [0.3, 0.4) is 0 Å². The predicted molar refractivity (Wildman–Crippen MR) is 55.8 cm³/mol. The monoisotopic (exact) mass is 192 g/mol. The van der Waals surface area contributed by atoms with Crippen molar-refractivity contribution in [3.05, 3.63) is 18.1 Å². The molecule has 0 radical (unpaired) electrons. The van der Waals surface area contributed by atoms with E-state index in [2.05, 4.69) is 15.3 Å². The van der Waals surface area contributed by atoms with Gasteiger partial charge in [0.1, 0.15) is 5.82 Å². The second-order valence-electron chi connectivity index (χ2n) is 3.72. The SMILES string of the molecule is NCc1cnc(NC2CCCC2)cn1. The van der Waals surface area contributed by atoms with Crippen molar-refractivity contribution in [1.29, 1.82) is 0 Å². The second-order valence-corrected chi connectivity index (χ2v) is 3.72. The number of nitrogens with one attached hydrogen (secondary N) is 1. The molecule has 0 aromatic carbocycles. The first-order valence-corrected chi connectivity index (χ1v) is 5.16. The average molecular weight is 192 g/mol. The van der Waals surface area contributed by atoms with Crippen molar-refractivity contribution in [1.82, 2.24) is 9.97 Å². The van der Waals surface area contributed by atoms with Gasteiger partial charge in [0.05, 0.1) is 18.1 Å². The number of aromatic nitrogens is 2. The summed E-state index contributed by atoms with van der Waals surface area (Å²) < 4.78 is 0. The number of nitrogens with two attached hydrogens (primary N) is 1. The maximum Gasteiger partial charge on any atom is 0.144 e. The third-order valence-corrected chi connectivity index (χ3v) is 2.62. The first kappa shape index (κ1) is 9.40. The van der Waals surface area contributed by atoms with E-state index in [4.69, 9.17) is 5.73 Å². The van der Waals surface area contributed by atoms with Gasteiger partial charge in [0.2, 0.25) is 0 Å². The van der Waals surface area contributed by atoms with E-state index < -0.39 is 0 Å². The zero-order chi connectivity index (χ0) is 9.80. The highest BCUT2D eigenvalue weighted by atomic mass is 15.0. The maximum atomic E-state index is 5.44. The molecule has 1 heterocycles. The molecular formula is C10H16N4. The molecule has 1 saturated carbocycles. The third kappa shape index (κ3) is 2.20. The number of anilines is 1. The quantitative estimate of drug-likeness (QED) is 0.757. The summed E-state index contributed by atoms with van der Waals surface area (Å²) in [7, 11) is 0. The van der Waals surface area contributed by atoms with E-state index in [0.717, 1.165) is 11.5 Å². The molecule has 1 aliphatic rings. The molecule has 4 heteroatoms. The van der Waals surface area contributed by atoms with E-state index in [1.165, 1.54) is 25.7 Å². The summed E-state index contributed by atoms with van der Waals surface area (Å²) in [6.07, 6.45) is 8.65. The smallest absolute Gasteiger partial charge is 0.144 e. The summed E-state index contributed by atoms with van der Waals surface area (Å²) in [5.41, 5.74) is 6.28. The summed E-state index contributed by atoms with van der Waals surface area (Å²) in [5.74, 6) is 0.870. The van der Waals surface area contributed by atoms with Crippen LogP contribution in [0.15, 0.2) is 12.4 Å². The van der Waals surface area contributed by atoms with Crippen molar-refractivity contribution in [2.24, 2.45) is 5.73 Å². The van der Waals surface area contributed by atoms with Gasteiger partial charge < -0.3 is 11.1 Å². The molecule has 0 aliphatic heterocycles. The molecule has 0 spiro atoms. The Labute approximate surface area is 83.9 Å². The van der Waals surface area contributed by atoms with Crippen molar-refractivity contribution < 1.29 is 0 Å². The molecule has 76 valence electrons. The summed E-state index contributed by atoms with van der Waals surface area (Å²) >= 11 is 0. The molecule has 3 N–H and O–H groups in total. The minimum atomic E-state index is 0.455. The molecule has 1 fully saturated rings. The van der Waals surface area contributed by atoms with E-state index in [9.17, 15) is 0 Å². The van der Waals surface area contributed by atoms with E-state index in [1.54, 1.807) is 12.4 Å². The van der Waals surface area contributed by atoms with E-state index >= 15 is 0 Å². The van der Waals surface area contributed by atoms with Gasteiger partial charge in [-0.05, 0) is 12.8 Å². The standard InChI is InChI=1S/C10H16N4/c11-5-9-6-13-10(7-12-9)14-8-3-1-2-4-8/h6-8H,1-5,11H2,(H,13,14). The van der Waals surface area contributed by atoms with Gasteiger partial charge in [-0.1, -0.05) is 12.8 Å². The molecule has 1 aromatic rings. The van der Waals surface area contributed by atoms with Crippen molar-refractivity contribution in [2.75, 3.05) is 5.32 Å². The Morgan fingerprint density at radius 1 is 1.29 bits per heavy atom. The molecule has 4 nitrogen and oxygen atoms in total. The zero-order valence-electron chi connectivity index (χ0n) is 8.24. The molecule has 1 aliphatic carbocycles. The summed E-state index contributed by atoms with van der Waals surface area (Å²) in [6, 6.07) is 0.591. The first-order chi connectivity index (χ1) is 6.88. The fourth-order valence-electron chi connectivity index (χ4n) is 1.81. The van der Waals surface area contributed by atoms with Crippen molar-refractivity contribution >= 4 is 5.82 Å². The average Bonchev–Trinajstić information content (AvgIpc) is 2.72. The lowest BCUT2D eigenvalue weighted by atomic mass is 10.2. The molecule has 0 atom stereocenters. The summed E-state index contributed by atoms with van der Waals surface area (Å²) in [6.45, 7) is 0.455. The Kier molecular flexibility index (Phi) is 2.93. The minimum absolute atomic E-state index is 0.455. The Bertz CT molecular complexity index is 277. The van der Waals surface area contributed by atoms with Crippen LogP contribution < -0.4 is 11.1 Å². The Morgan fingerprint density at radius 3 is 2.64 bits per heavy atom. The number of hydrogen-bond donors (Lipinski definition) is 2. The minimum Gasteiger partial charge on any atom is -0.366 e. The van der Waals surface area contributed by atoms with E-state index in [1.807, 2.05) is 0 Å². The van der Waals surface area contributed by atoms with Gasteiger partial charge in [-0.25, -0.2) is 4.98 Å². The van der Waals surface area contributed by atoms with Crippen molar-refractivity contribution in [3.8, 4) is 0 Å². The highest BCUT2D eigenvalue weighted by Gasteiger charge is 2.14. The van der Waals surface area contributed by atoms with Gasteiger partial charge in [0, 0.05) is 12.6 Å².